The number of thioether (sulfide) groups is 1. The Morgan fingerprint density at radius 3 is 2.50 bits per heavy atom. The Labute approximate surface area is 165 Å². The van der Waals surface area contributed by atoms with E-state index < -0.39 is 6.61 Å². The van der Waals surface area contributed by atoms with E-state index in [4.69, 9.17) is 0 Å². The number of rotatable bonds is 7. The number of halogens is 2. The highest BCUT2D eigenvalue weighted by Gasteiger charge is 2.08. The third kappa shape index (κ3) is 5.75. The summed E-state index contributed by atoms with van der Waals surface area (Å²) in [7, 11) is 0. The molecule has 8 heteroatoms. The summed E-state index contributed by atoms with van der Waals surface area (Å²) in [6.45, 7) is -0.885. The standard InChI is InChI=1S/C20H17F2N3O2S/c1-13-2-6-15(7-3-13)24-18(26)12-28-20-23-11-10-17(25-20)14-4-8-16(9-5-14)27-19(21)22/h2-11,19H,12H2,1H3,(H,24,26). The van der Waals surface area contributed by atoms with Crippen LogP contribution >= 0.6 is 11.8 Å². The highest BCUT2D eigenvalue weighted by molar-refractivity contribution is 7.99. The first-order valence-electron chi connectivity index (χ1n) is 8.37. The van der Waals surface area contributed by atoms with E-state index >= 15 is 0 Å². The van der Waals surface area contributed by atoms with Gasteiger partial charge < -0.3 is 10.1 Å². The predicted octanol–water partition coefficient (Wildman–Crippen LogP) is 4.78. The predicted molar refractivity (Wildman–Crippen MR) is 105 cm³/mol. The average Bonchev–Trinajstić information content (AvgIpc) is 2.69. The van der Waals surface area contributed by atoms with Crippen molar-refractivity contribution in [2.45, 2.75) is 18.7 Å². The van der Waals surface area contributed by atoms with Crippen molar-refractivity contribution in [3.8, 4) is 17.0 Å². The maximum absolute atomic E-state index is 12.2. The van der Waals surface area contributed by atoms with Crippen LogP contribution in [0.4, 0.5) is 14.5 Å². The maximum Gasteiger partial charge on any atom is 0.387 e. The van der Waals surface area contributed by atoms with E-state index in [2.05, 4.69) is 20.0 Å². The molecular formula is C20H17F2N3O2S. The van der Waals surface area contributed by atoms with Crippen molar-refractivity contribution in [2.75, 3.05) is 11.1 Å². The van der Waals surface area contributed by atoms with E-state index in [1.165, 1.54) is 23.9 Å². The molecule has 1 heterocycles. The fourth-order valence-corrected chi connectivity index (χ4v) is 2.97. The molecule has 1 N–H and O–H groups in total. The molecule has 0 spiro atoms. The fraction of sp³-hybridized carbons (Fsp3) is 0.150. The number of alkyl halides is 2. The summed E-state index contributed by atoms with van der Waals surface area (Å²) in [5.74, 6) is 0.0879. The molecule has 0 bridgehead atoms. The van der Waals surface area contributed by atoms with E-state index in [9.17, 15) is 13.6 Å². The molecule has 0 fully saturated rings. The minimum Gasteiger partial charge on any atom is -0.435 e. The zero-order valence-electron chi connectivity index (χ0n) is 14.9. The van der Waals surface area contributed by atoms with E-state index in [1.807, 2.05) is 31.2 Å². The molecule has 3 rings (SSSR count). The van der Waals surface area contributed by atoms with Gasteiger partial charge in [-0.2, -0.15) is 8.78 Å². The number of nitrogens with one attached hydrogen (secondary N) is 1. The summed E-state index contributed by atoms with van der Waals surface area (Å²) in [6.07, 6.45) is 1.59. The van der Waals surface area contributed by atoms with Crippen molar-refractivity contribution in [2.24, 2.45) is 0 Å². The first-order chi connectivity index (χ1) is 13.5. The van der Waals surface area contributed by atoms with Crippen molar-refractivity contribution >= 4 is 23.4 Å². The van der Waals surface area contributed by atoms with Gasteiger partial charge in [0.15, 0.2) is 5.16 Å². The monoisotopic (exact) mass is 401 g/mol. The van der Waals surface area contributed by atoms with Gasteiger partial charge in [-0.1, -0.05) is 29.5 Å². The number of anilines is 1. The minimum absolute atomic E-state index is 0.0789. The first kappa shape index (κ1) is 19.8. The highest BCUT2D eigenvalue weighted by atomic mass is 32.2. The minimum atomic E-state index is -2.86. The number of nitrogens with zero attached hydrogens (tertiary/aromatic N) is 2. The van der Waals surface area contributed by atoms with Crippen LogP contribution < -0.4 is 10.1 Å². The molecule has 0 saturated carbocycles. The summed E-state index contributed by atoms with van der Waals surface area (Å²) in [6, 6.07) is 15.4. The van der Waals surface area contributed by atoms with Crippen LogP contribution in [0.25, 0.3) is 11.3 Å². The van der Waals surface area contributed by atoms with Gasteiger partial charge in [0.2, 0.25) is 5.91 Å². The van der Waals surface area contributed by atoms with Crippen LogP contribution in [0.15, 0.2) is 66.0 Å². The summed E-state index contributed by atoms with van der Waals surface area (Å²) >= 11 is 1.21. The van der Waals surface area contributed by atoms with Crippen LogP contribution in [0.1, 0.15) is 5.56 Å². The van der Waals surface area contributed by atoms with Gasteiger partial charge in [-0.25, -0.2) is 9.97 Å². The molecule has 3 aromatic rings. The number of carbonyl (C=O) groups excluding carboxylic acids is 1. The van der Waals surface area contributed by atoms with Gasteiger partial charge in [0.25, 0.3) is 0 Å². The fourth-order valence-electron chi connectivity index (χ4n) is 2.34. The largest absolute Gasteiger partial charge is 0.435 e. The van der Waals surface area contributed by atoms with Gasteiger partial charge in [-0.3, -0.25) is 4.79 Å². The normalized spacial score (nSPS) is 10.7. The maximum atomic E-state index is 12.2. The molecule has 0 saturated heterocycles. The molecule has 1 aromatic heterocycles. The SMILES string of the molecule is Cc1ccc(NC(=O)CSc2nccc(-c3ccc(OC(F)F)cc3)n2)cc1. The van der Waals surface area contributed by atoms with Gasteiger partial charge in [0.1, 0.15) is 5.75 Å². The van der Waals surface area contributed by atoms with Crippen LogP contribution in [0.3, 0.4) is 0 Å². The number of aryl methyl sites for hydroxylation is 1. The lowest BCUT2D eigenvalue weighted by molar-refractivity contribution is -0.113. The second kappa shape index (κ2) is 9.27. The third-order valence-corrected chi connectivity index (χ3v) is 4.54. The van der Waals surface area contributed by atoms with Crippen LogP contribution in [0, 0.1) is 6.92 Å². The van der Waals surface area contributed by atoms with Crippen molar-refractivity contribution < 1.29 is 18.3 Å². The first-order valence-corrected chi connectivity index (χ1v) is 9.36. The zero-order chi connectivity index (χ0) is 19.9. The number of aromatic nitrogens is 2. The number of hydrogen-bond acceptors (Lipinski definition) is 5. The Bertz CT molecular complexity index is 935. The van der Waals surface area contributed by atoms with Crippen molar-refractivity contribution in [3.63, 3.8) is 0 Å². The summed E-state index contributed by atoms with van der Waals surface area (Å²) in [4.78, 5) is 20.7. The number of benzene rings is 2. The van der Waals surface area contributed by atoms with Gasteiger partial charge in [0.05, 0.1) is 11.4 Å². The molecule has 5 nitrogen and oxygen atoms in total. The molecule has 0 atom stereocenters. The van der Waals surface area contributed by atoms with Crippen LogP contribution in [-0.4, -0.2) is 28.2 Å². The number of ether oxygens (including phenoxy) is 1. The van der Waals surface area contributed by atoms with E-state index in [0.717, 1.165) is 16.8 Å². The lowest BCUT2D eigenvalue weighted by Crippen LogP contribution is -2.14. The van der Waals surface area contributed by atoms with Gasteiger partial charge in [-0.15, -0.1) is 0 Å². The van der Waals surface area contributed by atoms with Crippen molar-refractivity contribution in [1.29, 1.82) is 0 Å². The Balaban J connectivity index is 1.60. The van der Waals surface area contributed by atoms with Gasteiger partial charge in [0, 0.05) is 17.4 Å². The molecule has 144 valence electrons. The van der Waals surface area contributed by atoms with Crippen molar-refractivity contribution in [3.05, 3.63) is 66.4 Å². The second-order valence-corrected chi connectivity index (χ2v) is 6.77. The van der Waals surface area contributed by atoms with E-state index in [1.54, 1.807) is 24.4 Å². The van der Waals surface area contributed by atoms with Crippen molar-refractivity contribution in [1.82, 2.24) is 9.97 Å². The number of amides is 1. The Morgan fingerprint density at radius 2 is 1.82 bits per heavy atom. The van der Waals surface area contributed by atoms with E-state index in [0.29, 0.717) is 10.9 Å². The molecule has 0 aliphatic carbocycles. The van der Waals surface area contributed by atoms with E-state index in [-0.39, 0.29) is 17.4 Å². The Kier molecular flexibility index (Phi) is 6.54. The lowest BCUT2D eigenvalue weighted by atomic mass is 10.1. The molecule has 1 amide bonds. The second-order valence-electron chi connectivity index (χ2n) is 5.83. The lowest BCUT2D eigenvalue weighted by Gasteiger charge is -2.07. The third-order valence-electron chi connectivity index (χ3n) is 3.68. The molecular weight excluding hydrogens is 384 g/mol. The molecule has 0 radical (unpaired) electrons. The molecule has 0 aliphatic rings. The summed E-state index contributed by atoms with van der Waals surface area (Å²) in [5.41, 5.74) is 3.21. The highest BCUT2D eigenvalue weighted by Crippen LogP contribution is 2.23. The Hall–Kier alpha value is -3.00. The topological polar surface area (TPSA) is 64.1 Å². The van der Waals surface area contributed by atoms with Crippen LogP contribution in [0.5, 0.6) is 5.75 Å². The average molecular weight is 401 g/mol. The quantitative estimate of drug-likeness (QED) is 0.456. The Morgan fingerprint density at radius 1 is 1.11 bits per heavy atom. The van der Waals surface area contributed by atoms with Gasteiger partial charge >= 0.3 is 6.61 Å². The van der Waals surface area contributed by atoms with Crippen LogP contribution in [-0.2, 0) is 4.79 Å². The molecule has 2 aromatic carbocycles. The summed E-state index contributed by atoms with van der Waals surface area (Å²) < 4.78 is 28.8. The van der Waals surface area contributed by atoms with Crippen LogP contribution in [0.2, 0.25) is 0 Å². The molecule has 0 aliphatic heterocycles. The molecule has 0 unspecified atom stereocenters. The summed E-state index contributed by atoms with van der Waals surface area (Å²) in [5, 5.41) is 3.27. The molecule has 28 heavy (non-hydrogen) atoms. The number of hydrogen-bond donors (Lipinski definition) is 1. The van der Waals surface area contributed by atoms with Gasteiger partial charge in [-0.05, 0) is 49.4 Å². The zero-order valence-corrected chi connectivity index (χ0v) is 15.7. The number of carbonyl (C=O) groups is 1. The smallest absolute Gasteiger partial charge is 0.387 e.